The van der Waals surface area contributed by atoms with E-state index in [-0.39, 0.29) is 21.2 Å². The summed E-state index contributed by atoms with van der Waals surface area (Å²) < 4.78 is 46.3. The van der Waals surface area contributed by atoms with E-state index in [1.165, 1.54) is 24.3 Å². The number of hydrogen-bond acceptors (Lipinski definition) is 3. The van der Waals surface area contributed by atoms with Crippen LogP contribution in [-0.2, 0) is 10.3 Å². The molecule has 1 atom stereocenters. The number of aryl methyl sites for hydroxylation is 1. The molecular formula is C22H19Cl2F3O3. The minimum absolute atomic E-state index is 0.0699. The molecule has 2 aromatic rings. The van der Waals surface area contributed by atoms with Crippen molar-refractivity contribution in [1.82, 2.24) is 0 Å². The zero-order valence-corrected chi connectivity index (χ0v) is 18.1. The zero-order chi connectivity index (χ0) is 22.9. The van der Waals surface area contributed by atoms with Crippen LogP contribution in [0, 0.1) is 18.8 Å². The van der Waals surface area contributed by atoms with Gasteiger partial charge in [0, 0.05) is 21.2 Å². The molecule has 2 aromatic carbocycles. The molecule has 1 N–H and O–H groups in total. The van der Waals surface area contributed by atoms with Gasteiger partial charge in [0.2, 0.25) is 5.60 Å². The molecular weight excluding hydrogens is 440 g/mol. The van der Waals surface area contributed by atoms with Crippen molar-refractivity contribution < 1.29 is 27.8 Å². The van der Waals surface area contributed by atoms with E-state index >= 15 is 0 Å². The van der Waals surface area contributed by atoms with Crippen molar-refractivity contribution in [2.75, 3.05) is 0 Å². The highest BCUT2D eigenvalue weighted by Gasteiger charge is 2.54. The van der Waals surface area contributed by atoms with Crippen LogP contribution in [0.1, 0.15) is 47.8 Å². The van der Waals surface area contributed by atoms with Gasteiger partial charge in [-0.1, -0.05) is 29.1 Å². The number of rotatable bonds is 2. The molecule has 0 saturated carbocycles. The lowest BCUT2D eigenvalue weighted by Gasteiger charge is -2.26. The molecule has 0 amide bonds. The van der Waals surface area contributed by atoms with Crippen molar-refractivity contribution >= 4 is 29.2 Å². The maximum absolute atomic E-state index is 13.7. The lowest BCUT2D eigenvalue weighted by Crippen LogP contribution is -2.41. The number of halogens is 5. The highest BCUT2D eigenvalue weighted by atomic mass is 35.5. The van der Waals surface area contributed by atoms with Crippen LogP contribution in [0.25, 0.3) is 0 Å². The molecule has 2 rings (SSSR count). The summed E-state index contributed by atoms with van der Waals surface area (Å²) in [6.07, 6.45) is -5.11. The summed E-state index contributed by atoms with van der Waals surface area (Å²) in [5, 5.41) is 10.2. The number of ether oxygens (including phenoxy) is 1. The summed E-state index contributed by atoms with van der Waals surface area (Å²) in [5.41, 5.74) is -3.86. The Balaban J connectivity index is 2.46. The van der Waals surface area contributed by atoms with Crippen molar-refractivity contribution in [3.63, 3.8) is 0 Å². The Kier molecular flexibility index (Phi) is 6.82. The zero-order valence-electron chi connectivity index (χ0n) is 16.6. The Labute approximate surface area is 182 Å². The third-order valence-electron chi connectivity index (χ3n) is 3.92. The summed E-state index contributed by atoms with van der Waals surface area (Å²) in [7, 11) is 0. The summed E-state index contributed by atoms with van der Waals surface area (Å²) in [4.78, 5) is 12.2. The first-order chi connectivity index (χ1) is 13.6. The van der Waals surface area contributed by atoms with Crippen LogP contribution in [0.2, 0.25) is 10.0 Å². The minimum Gasteiger partial charge on any atom is -0.456 e. The van der Waals surface area contributed by atoms with E-state index < -0.39 is 28.9 Å². The van der Waals surface area contributed by atoms with Crippen molar-refractivity contribution in [1.29, 1.82) is 0 Å². The fraction of sp³-hybridized carbons (Fsp3) is 0.318. The van der Waals surface area contributed by atoms with Gasteiger partial charge in [-0.15, -0.1) is 0 Å². The molecule has 0 saturated heterocycles. The third kappa shape index (κ3) is 5.69. The van der Waals surface area contributed by atoms with Gasteiger partial charge < -0.3 is 9.84 Å². The number of alkyl halides is 3. The van der Waals surface area contributed by atoms with Crippen LogP contribution in [-0.4, -0.2) is 22.9 Å². The van der Waals surface area contributed by atoms with Crippen LogP contribution in [0.4, 0.5) is 13.2 Å². The van der Waals surface area contributed by atoms with Crippen LogP contribution in [0.15, 0.2) is 36.4 Å². The fourth-order valence-corrected chi connectivity index (χ4v) is 3.06. The highest BCUT2D eigenvalue weighted by Crippen LogP contribution is 2.40. The number of carbonyl (C=O) groups is 1. The van der Waals surface area contributed by atoms with Gasteiger partial charge in [-0.2, -0.15) is 13.2 Å². The molecule has 0 radical (unpaired) electrons. The van der Waals surface area contributed by atoms with E-state index in [0.717, 1.165) is 12.1 Å². The van der Waals surface area contributed by atoms with Crippen LogP contribution < -0.4 is 0 Å². The lowest BCUT2D eigenvalue weighted by atomic mass is 9.93. The number of esters is 1. The summed E-state index contributed by atoms with van der Waals surface area (Å²) in [5.74, 6) is 3.65. The predicted molar refractivity (Wildman–Crippen MR) is 110 cm³/mol. The lowest BCUT2D eigenvalue weighted by molar-refractivity contribution is -0.240. The minimum atomic E-state index is -5.11. The smallest absolute Gasteiger partial charge is 0.433 e. The third-order valence-corrected chi connectivity index (χ3v) is 4.36. The van der Waals surface area contributed by atoms with E-state index in [0.29, 0.717) is 5.56 Å². The van der Waals surface area contributed by atoms with Crippen molar-refractivity contribution in [2.24, 2.45) is 0 Å². The van der Waals surface area contributed by atoms with Crippen molar-refractivity contribution in [2.45, 2.75) is 45.1 Å². The molecule has 3 nitrogen and oxygen atoms in total. The highest BCUT2D eigenvalue weighted by molar-refractivity contribution is 6.34. The maximum Gasteiger partial charge on any atom is 0.433 e. The summed E-state index contributed by atoms with van der Waals surface area (Å²) in [6.45, 7) is 6.78. The van der Waals surface area contributed by atoms with Gasteiger partial charge in [-0.05, 0) is 75.6 Å². The van der Waals surface area contributed by atoms with Gasteiger partial charge in [-0.3, -0.25) is 0 Å². The molecule has 0 bridgehead atoms. The first kappa shape index (κ1) is 24.1. The normalized spacial score (nSPS) is 13.8. The number of aliphatic hydroxyl groups is 1. The largest absolute Gasteiger partial charge is 0.456 e. The molecule has 0 aliphatic carbocycles. The summed E-state index contributed by atoms with van der Waals surface area (Å²) in [6, 6.07) is 7.37. The van der Waals surface area contributed by atoms with Gasteiger partial charge in [0.25, 0.3) is 0 Å². The van der Waals surface area contributed by atoms with Crippen LogP contribution in [0.5, 0.6) is 0 Å². The number of carbonyl (C=O) groups excluding carboxylic acids is 1. The van der Waals surface area contributed by atoms with E-state index in [9.17, 15) is 23.1 Å². The van der Waals surface area contributed by atoms with E-state index in [1.807, 2.05) is 5.92 Å². The molecule has 160 valence electrons. The fourth-order valence-electron chi connectivity index (χ4n) is 2.54. The predicted octanol–water partition coefficient (Wildman–Crippen LogP) is 6.06. The average molecular weight is 459 g/mol. The number of benzene rings is 2. The molecule has 0 spiro atoms. The average Bonchev–Trinajstić information content (AvgIpc) is 2.56. The van der Waals surface area contributed by atoms with Crippen LogP contribution in [0.3, 0.4) is 0 Å². The Morgan fingerprint density at radius 1 is 1.03 bits per heavy atom. The standard InChI is InChI=1S/C22H19Cl2F3O3/c1-13-9-14(5-6-18(13)19(28)30-20(2,3)4)7-8-21(29,22(25,26)27)15-10-16(23)12-17(24)11-15/h5-6,9-12,29H,1-4H3/t21-/m0/s1. The van der Waals surface area contributed by atoms with Gasteiger partial charge in [0.1, 0.15) is 5.60 Å². The van der Waals surface area contributed by atoms with Crippen LogP contribution >= 0.6 is 23.2 Å². The quantitative estimate of drug-likeness (QED) is 0.439. The Morgan fingerprint density at radius 2 is 1.60 bits per heavy atom. The van der Waals surface area contributed by atoms with Crippen molar-refractivity contribution in [3.8, 4) is 11.8 Å². The van der Waals surface area contributed by atoms with E-state index in [2.05, 4.69) is 5.92 Å². The summed E-state index contributed by atoms with van der Waals surface area (Å²) >= 11 is 11.6. The maximum atomic E-state index is 13.7. The SMILES string of the molecule is Cc1cc(C#C[C@](O)(c2cc(Cl)cc(Cl)c2)C(F)(F)F)ccc1C(=O)OC(C)(C)C. The van der Waals surface area contributed by atoms with E-state index in [1.54, 1.807) is 27.7 Å². The Hall–Kier alpha value is -2.20. The van der Waals surface area contributed by atoms with Gasteiger partial charge in [0.05, 0.1) is 5.56 Å². The first-order valence-electron chi connectivity index (χ1n) is 8.75. The van der Waals surface area contributed by atoms with E-state index in [4.69, 9.17) is 27.9 Å². The molecule has 0 fully saturated rings. The second kappa shape index (κ2) is 8.50. The van der Waals surface area contributed by atoms with Gasteiger partial charge in [0.15, 0.2) is 0 Å². The number of hydrogen-bond donors (Lipinski definition) is 1. The van der Waals surface area contributed by atoms with Gasteiger partial charge in [-0.25, -0.2) is 4.79 Å². The molecule has 0 aliphatic rings. The molecule has 0 aromatic heterocycles. The molecule has 0 aliphatic heterocycles. The Bertz CT molecular complexity index is 1010. The second-order valence-corrected chi connectivity index (χ2v) is 8.52. The topological polar surface area (TPSA) is 46.5 Å². The molecule has 0 unspecified atom stereocenters. The van der Waals surface area contributed by atoms with Crippen molar-refractivity contribution in [3.05, 3.63) is 68.7 Å². The monoisotopic (exact) mass is 458 g/mol. The Morgan fingerprint density at radius 3 is 2.07 bits per heavy atom. The van der Waals surface area contributed by atoms with Gasteiger partial charge >= 0.3 is 12.1 Å². The molecule has 0 heterocycles. The molecule has 30 heavy (non-hydrogen) atoms. The second-order valence-electron chi connectivity index (χ2n) is 7.65. The molecule has 8 heteroatoms. The first-order valence-corrected chi connectivity index (χ1v) is 9.51.